The summed E-state index contributed by atoms with van der Waals surface area (Å²) in [6, 6.07) is 0. The van der Waals surface area contributed by atoms with Crippen LogP contribution in [0.2, 0.25) is 0 Å². The molecule has 0 aromatic carbocycles. The predicted molar refractivity (Wildman–Crippen MR) is 38.4 cm³/mol. The van der Waals surface area contributed by atoms with Gasteiger partial charge in [-0.25, -0.2) is 0 Å². The first-order valence-corrected chi connectivity index (χ1v) is 3.58. The molecule has 0 atom stereocenters. The second-order valence-corrected chi connectivity index (χ2v) is 2.14. The van der Waals surface area contributed by atoms with E-state index in [1.165, 1.54) is 0 Å². The summed E-state index contributed by atoms with van der Waals surface area (Å²) in [6.07, 6.45) is 0. The molecule has 0 radical (unpaired) electrons. The zero-order valence-corrected chi connectivity index (χ0v) is 6.29. The van der Waals surface area contributed by atoms with Crippen molar-refractivity contribution >= 4 is 0 Å². The van der Waals surface area contributed by atoms with E-state index in [1.807, 2.05) is 4.90 Å². The van der Waals surface area contributed by atoms with Gasteiger partial charge in [-0.05, 0) is 0 Å². The molecule has 0 rings (SSSR count). The number of hydrogen-bond acceptors (Lipinski definition) is 3. The number of quaternary nitrogens is 1. The van der Waals surface area contributed by atoms with Gasteiger partial charge in [0.1, 0.15) is 0 Å². The predicted octanol–water partition coefficient (Wildman–Crippen LogP) is -2.49. The standard InChI is InChI=1S/C6H16N2O2/c7-1-2-8(3-5-9)4-6-10/h9-10H,1-7H2/p+1. The molecule has 0 fully saturated rings. The summed E-state index contributed by atoms with van der Waals surface area (Å²) in [5.41, 5.74) is 3.69. The van der Waals surface area contributed by atoms with Gasteiger partial charge in [0.25, 0.3) is 0 Å². The summed E-state index contributed by atoms with van der Waals surface area (Å²) < 4.78 is 0. The van der Waals surface area contributed by atoms with Gasteiger partial charge in [0.2, 0.25) is 0 Å². The Bertz CT molecular complexity index is 56.5. The van der Waals surface area contributed by atoms with Crippen LogP contribution in [0.5, 0.6) is 0 Å². The van der Waals surface area contributed by atoms with Gasteiger partial charge in [0.05, 0.1) is 19.8 Å². The number of hydrogen-bond donors (Lipinski definition) is 3. The smallest absolute Gasteiger partial charge is 0.0869 e. The molecule has 4 heteroatoms. The van der Waals surface area contributed by atoms with E-state index >= 15 is 0 Å². The zero-order chi connectivity index (χ0) is 7.82. The molecule has 5 N–H and O–H groups in total. The van der Waals surface area contributed by atoms with Crippen molar-refractivity contribution < 1.29 is 15.9 Å². The van der Waals surface area contributed by atoms with E-state index in [2.05, 4.69) is 5.73 Å². The van der Waals surface area contributed by atoms with E-state index < -0.39 is 0 Å². The lowest BCUT2D eigenvalue weighted by molar-refractivity contribution is -0.369. The molecule has 0 saturated heterocycles. The molecule has 0 aliphatic carbocycles. The highest BCUT2D eigenvalue weighted by atomic mass is 16.3. The maximum atomic E-state index is 8.55. The Balaban J connectivity index is 3.30. The fraction of sp³-hybridized carbons (Fsp3) is 1.00. The van der Waals surface area contributed by atoms with E-state index in [1.54, 1.807) is 0 Å². The minimum absolute atomic E-state index is 0.153. The second-order valence-electron chi connectivity index (χ2n) is 2.14. The Morgan fingerprint density at radius 3 is 1.80 bits per heavy atom. The number of aliphatic hydroxyl groups excluding tert-OH is 2. The van der Waals surface area contributed by atoms with E-state index in [9.17, 15) is 0 Å². The largest absolute Gasteiger partial charge is 0.395 e. The summed E-state index contributed by atoms with van der Waals surface area (Å²) in [5, 5.41) is 17.1. The van der Waals surface area contributed by atoms with Crippen LogP contribution in [0.4, 0.5) is 0 Å². The third-order valence-corrected chi connectivity index (χ3v) is 1.31. The van der Waals surface area contributed by atoms with Gasteiger partial charge in [0.15, 0.2) is 0 Å². The fourth-order valence-corrected chi connectivity index (χ4v) is 0.842. The van der Waals surface area contributed by atoms with Gasteiger partial charge in [-0.3, -0.25) is 4.90 Å². The van der Waals surface area contributed by atoms with Crippen molar-refractivity contribution in [1.29, 1.82) is 0 Å². The Labute approximate surface area is 61.3 Å². The molecular formula is C6H17N2O2+. The molecule has 62 valence electrons. The van der Waals surface area contributed by atoms with Gasteiger partial charge in [0, 0.05) is 19.6 Å². The van der Waals surface area contributed by atoms with Crippen LogP contribution in [0.1, 0.15) is 0 Å². The van der Waals surface area contributed by atoms with Crippen LogP contribution in [-0.2, 0) is 0 Å². The van der Waals surface area contributed by atoms with Crippen LogP contribution < -0.4 is 5.73 Å². The number of aliphatic hydroxyl groups is 2. The van der Waals surface area contributed by atoms with Crippen LogP contribution >= 0.6 is 0 Å². The molecule has 10 heavy (non-hydrogen) atoms. The average Bonchev–Trinajstić information content (AvgIpc) is 1.90. The molecular weight excluding hydrogens is 132 g/mol. The topological polar surface area (TPSA) is 71.3 Å². The van der Waals surface area contributed by atoms with Crippen LogP contribution in [0.3, 0.4) is 0 Å². The number of rotatable bonds is 6. The molecule has 0 aromatic rings. The van der Waals surface area contributed by atoms with Gasteiger partial charge in [-0.15, -0.1) is 0 Å². The van der Waals surface area contributed by atoms with Crippen molar-refractivity contribution in [3.05, 3.63) is 0 Å². The van der Waals surface area contributed by atoms with Gasteiger partial charge in [-0.2, -0.15) is 0 Å². The average molecular weight is 149 g/mol. The van der Waals surface area contributed by atoms with Crippen molar-refractivity contribution in [2.75, 3.05) is 39.4 Å². The summed E-state index contributed by atoms with van der Waals surface area (Å²) in [6.45, 7) is 3.24. The quantitative estimate of drug-likeness (QED) is 0.391. The molecule has 4 nitrogen and oxygen atoms in total. The summed E-state index contributed by atoms with van der Waals surface area (Å²) in [5.74, 6) is 0. The third kappa shape index (κ3) is 4.69. The normalized spacial score (nSPS) is 10.8. The van der Waals surface area contributed by atoms with Crippen LogP contribution in [0.25, 0.3) is 0 Å². The molecule has 0 saturated carbocycles. The fourth-order valence-electron chi connectivity index (χ4n) is 0.842. The van der Waals surface area contributed by atoms with Crippen molar-refractivity contribution in [2.24, 2.45) is 0 Å². The molecule has 0 aliphatic heterocycles. The molecule has 0 amide bonds. The highest BCUT2D eigenvalue weighted by Crippen LogP contribution is 1.82. The summed E-state index contributed by atoms with van der Waals surface area (Å²) in [7, 11) is 0. The molecule has 0 aromatic heterocycles. The summed E-state index contributed by atoms with van der Waals surface area (Å²) >= 11 is 0. The Morgan fingerprint density at radius 2 is 1.50 bits per heavy atom. The van der Waals surface area contributed by atoms with Gasteiger partial charge < -0.3 is 15.9 Å². The molecule has 0 aliphatic rings. The van der Waals surface area contributed by atoms with E-state index in [0.29, 0.717) is 13.1 Å². The van der Waals surface area contributed by atoms with Crippen molar-refractivity contribution in [2.45, 2.75) is 0 Å². The molecule has 0 unspecified atom stereocenters. The van der Waals surface area contributed by atoms with Crippen molar-refractivity contribution in [3.63, 3.8) is 0 Å². The lowest BCUT2D eigenvalue weighted by Crippen LogP contribution is -2.55. The van der Waals surface area contributed by atoms with E-state index in [0.717, 1.165) is 13.1 Å². The molecule has 0 spiro atoms. The van der Waals surface area contributed by atoms with Gasteiger partial charge >= 0.3 is 0 Å². The lowest BCUT2D eigenvalue weighted by Gasteiger charge is -2.17. The highest BCUT2D eigenvalue weighted by molar-refractivity contribution is 4.53. The Hall–Kier alpha value is -0.160. The lowest BCUT2D eigenvalue weighted by atomic mass is 10.4. The van der Waals surface area contributed by atoms with Crippen molar-refractivity contribution in [3.8, 4) is 0 Å². The van der Waals surface area contributed by atoms with Crippen LogP contribution in [-0.4, -0.2) is 54.5 Å². The monoisotopic (exact) mass is 149 g/mol. The highest BCUT2D eigenvalue weighted by Gasteiger charge is 2.00. The number of nitrogens with zero attached hydrogens (tertiary/aromatic N) is 1. The molecule has 0 bridgehead atoms. The summed E-state index contributed by atoms with van der Waals surface area (Å²) in [4.78, 5) is 1.98. The Morgan fingerprint density at radius 1 is 1.00 bits per heavy atom. The van der Waals surface area contributed by atoms with Crippen molar-refractivity contribution in [1.82, 2.24) is 4.90 Å². The van der Waals surface area contributed by atoms with Crippen LogP contribution in [0, 0.1) is 0 Å². The Kier molecular flexibility index (Phi) is 6.84. The van der Waals surface area contributed by atoms with E-state index in [4.69, 9.17) is 10.2 Å². The first-order chi connectivity index (χ1) is 4.85. The second kappa shape index (κ2) is 6.95. The van der Waals surface area contributed by atoms with E-state index in [-0.39, 0.29) is 13.2 Å². The van der Waals surface area contributed by atoms with Gasteiger partial charge in [-0.1, -0.05) is 0 Å². The zero-order valence-electron chi connectivity index (χ0n) is 6.29. The SMILES string of the molecule is [NH3+]CCN(CCO)CCO. The maximum Gasteiger partial charge on any atom is 0.0869 e. The maximum absolute atomic E-state index is 8.55. The van der Waals surface area contributed by atoms with Crippen LogP contribution in [0.15, 0.2) is 0 Å². The third-order valence-electron chi connectivity index (χ3n) is 1.31. The minimum Gasteiger partial charge on any atom is -0.395 e. The first-order valence-electron chi connectivity index (χ1n) is 3.58. The minimum atomic E-state index is 0.153. The first kappa shape index (κ1) is 9.84. The molecule has 0 heterocycles.